The van der Waals surface area contributed by atoms with Crippen LogP contribution in [-0.2, 0) is 22.6 Å². The van der Waals surface area contributed by atoms with E-state index < -0.39 is 0 Å². The molecule has 5 rings (SSSR count). The zero-order valence-corrected chi connectivity index (χ0v) is 20.9. The van der Waals surface area contributed by atoms with E-state index in [1.807, 2.05) is 71.3 Å². The highest BCUT2D eigenvalue weighted by Gasteiger charge is 2.17. The summed E-state index contributed by atoms with van der Waals surface area (Å²) >= 11 is 1.39. The van der Waals surface area contributed by atoms with Crippen LogP contribution in [0.4, 0.5) is 0 Å². The molecule has 36 heavy (non-hydrogen) atoms. The summed E-state index contributed by atoms with van der Waals surface area (Å²) in [5, 5.41) is 12.6. The molecule has 184 valence electrons. The summed E-state index contributed by atoms with van der Waals surface area (Å²) < 4.78 is 7.47. The molecule has 0 aliphatic carbocycles. The molecule has 0 radical (unpaired) electrons. The summed E-state index contributed by atoms with van der Waals surface area (Å²) in [6, 6.07) is 28.3. The van der Waals surface area contributed by atoms with Gasteiger partial charge in [-0.1, -0.05) is 84.6 Å². The Morgan fingerprint density at radius 2 is 1.53 bits per heavy atom. The van der Waals surface area contributed by atoms with Crippen molar-refractivity contribution in [3.63, 3.8) is 0 Å². The summed E-state index contributed by atoms with van der Waals surface area (Å²) in [4.78, 5) is 15.2. The van der Waals surface area contributed by atoms with Crippen LogP contribution >= 0.6 is 11.8 Å². The number of para-hydroxylation sites is 1. The largest absolute Gasteiger partial charge is 0.379 e. The molecule has 3 aromatic carbocycles. The molecule has 0 spiro atoms. The Balaban J connectivity index is 1.25. The first-order valence-electron chi connectivity index (χ1n) is 12.1. The molecule has 1 saturated heterocycles. The molecule has 0 bridgehead atoms. The molecule has 0 saturated carbocycles. The van der Waals surface area contributed by atoms with Gasteiger partial charge < -0.3 is 10.1 Å². The summed E-state index contributed by atoms with van der Waals surface area (Å²) in [5.41, 5.74) is 4.31. The number of benzene rings is 3. The van der Waals surface area contributed by atoms with Gasteiger partial charge in [0, 0.05) is 37.4 Å². The standard InChI is InChI=1S/C28H29N5O2S/c34-26(29-19-23-11-7-8-12-24(23)20-32-15-17-35-18-16-32)21-36-28-31-30-27(22-9-3-1-4-10-22)33(28)25-13-5-2-6-14-25/h1-14H,15-21H2,(H,29,34). The minimum atomic E-state index is -0.0370. The molecule has 7 nitrogen and oxygen atoms in total. The third kappa shape index (κ3) is 6.02. The minimum absolute atomic E-state index is 0.0370. The number of nitrogens with one attached hydrogen (secondary N) is 1. The van der Waals surface area contributed by atoms with Crippen molar-refractivity contribution in [2.45, 2.75) is 18.2 Å². The van der Waals surface area contributed by atoms with E-state index in [0.29, 0.717) is 11.7 Å². The highest BCUT2D eigenvalue weighted by Crippen LogP contribution is 2.27. The third-order valence-corrected chi connectivity index (χ3v) is 7.03. The van der Waals surface area contributed by atoms with Crippen LogP contribution in [0.5, 0.6) is 0 Å². The van der Waals surface area contributed by atoms with E-state index in [0.717, 1.165) is 55.5 Å². The van der Waals surface area contributed by atoms with Crippen LogP contribution < -0.4 is 5.32 Å². The second-order valence-corrected chi connectivity index (χ2v) is 9.51. The Morgan fingerprint density at radius 1 is 0.861 bits per heavy atom. The number of morpholine rings is 1. The summed E-state index contributed by atoms with van der Waals surface area (Å²) in [6.45, 7) is 4.79. The van der Waals surface area contributed by atoms with Crippen LogP contribution in [0.3, 0.4) is 0 Å². The van der Waals surface area contributed by atoms with Gasteiger partial charge in [-0.05, 0) is 23.3 Å². The molecule has 1 aliphatic rings. The Morgan fingerprint density at radius 3 is 2.28 bits per heavy atom. The Bertz CT molecular complexity index is 1270. The number of thioether (sulfide) groups is 1. The van der Waals surface area contributed by atoms with Gasteiger partial charge in [0.05, 0.1) is 19.0 Å². The van der Waals surface area contributed by atoms with Crippen LogP contribution in [-0.4, -0.2) is 57.6 Å². The normalized spacial score (nSPS) is 14.0. The van der Waals surface area contributed by atoms with Crippen LogP contribution in [0.2, 0.25) is 0 Å². The van der Waals surface area contributed by atoms with Gasteiger partial charge in [0.1, 0.15) is 0 Å². The number of nitrogens with zero attached hydrogens (tertiary/aromatic N) is 4. The van der Waals surface area contributed by atoms with Crippen LogP contribution in [0.1, 0.15) is 11.1 Å². The van der Waals surface area contributed by atoms with Gasteiger partial charge >= 0.3 is 0 Å². The van der Waals surface area contributed by atoms with Gasteiger partial charge in [-0.25, -0.2) is 0 Å². The second kappa shape index (κ2) is 12.0. The van der Waals surface area contributed by atoms with Crippen molar-refractivity contribution >= 4 is 17.7 Å². The van der Waals surface area contributed by atoms with E-state index in [1.54, 1.807) is 0 Å². The quantitative estimate of drug-likeness (QED) is 0.349. The van der Waals surface area contributed by atoms with Crippen LogP contribution in [0.15, 0.2) is 90.1 Å². The number of rotatable bonds is 9. The van der Waals surface area contributed by atoms with E-state index in [9.17, 15) is 4.79 Å². The molecule has 1 fully saturated rings. The maximum absolute atomic E-state index is 12.8. The first kappa shape index (κ1) is 24.2. The lowest BCUT2D eigenvalue weighted by Gasteiger charge is -2.27. The van der Waals surface area contributed by atoms with Crippen molar-refractivity contribution < 1.29 is 9.53 Å². The van der Waals surface area contributed by atoms with Crippen LogP contribution in [0, 0.1) is 0 Å². The molecular weight excluding hydrogens is 470 g/mol. The lowest BCUT2D eigenvalue weighted by Crippen LogP contribution is -2.36. The maximum atomic E-state index is 12.8. The first-order chi connectivity index (χ1) is 17.8. The van der Waals surface area contributed by atoms with Gasteiger partial charge in [0.2, 0.25) is 5.91 Å². The molecular formula is C28H29N5O2S. The average molecular weight is 500 g/mol. The topological polar surface area (TPSA) is 72.3 Å². The Labute approximate surface area is 215 Å². The lowest BCUT2D eigenvalue weighted by molar-refractivity contribution is -0.118. The summed E-state index contributed by atoms with van der Waals surface area (Å²) in [7, 11) is 0. The van der Waals surface area contributed by atoms with Crippen molar-refractivity contribution in [2.24, 2.45) is 0 Å². The number of hydrogen-bond acceptors (Lipinski definition) is 6. The fourth-order valence-electron chi connectivity index (χ4n) is 4.21. The molecule has 1 N–H and O–H groups in total. The maximum Gasteiger partial charge on any atom is 0.230 e. The van der Waals surface area contributed by atoms with Gasteiger partial charge in [-0.2, -0.15) is 0 Å². The number of carbonyl (C=O) groups excluding carboxylic acids is 1. The van der Waals surface area contributed by atoms with E-state index in [1.165, 1.54) is 17.3 Å². The Hall–Kier alpha value is -3.46. The minimum Gasteiger partial charge on any atom is -0.379 e. The molecule has 0 unspecified atom stereocenters. The number of amides is 1. The smallest absolute Gasteiger partial charge is 0.230 e. The van der Waals surface area contributed by atoms with Crippen molar-refractivity contribution in [2.75, 3.05) is 32.1 Å². The molecule has 1 aromatic heterocycles. The van der Waals surface area contributed by atoms with Crippen molar-refractivity contribution in [3.05, 3.63) is 96.1 Å². The highest BCUT2D eigenvalue weighted by atomic mass is 32.2. The van der Waals surface area contributed by atoms with E-state index in [-0.39, 0.29) is 11.7 Å². The van der Waals surface area contributed by atoms with Crippen molar-refractivity contribution in [1.29, 1.82) is 0 Å². The monoisotopic (exact) mass is 499 g/mol. The fraction of sp³-hybridized carbons (Fsp3) is 0.250. The third-order valence-electron chi connectivity index (χ3n) is 6.10. The predicted molar refractivity (Wildman–Crippen MR) is 142 cm³/mol. The van der Waals surface area contributed by atoms with E-state index in [2.05, 4.69) is 38.6 Å². The first-order valence-corrected chi connectivity index (χ1v) is 13.1. The molecule has 8 heteroatoms. The second-order valence-electron chi connectivity index (χ2n) is 8.57. The van der Waals surface area contributed by atoms with Crippen LogP contribution in [0.25, 0.3) is 17.1 Å². The molecule has 0 atom stereocenters. The fourth-order valence-corrected chi connectivity index (χ4v) is 4.99. The van der Waals surface area contributed by atoms with Crippen molar-refractivity contribution in [3.8, 4) is 17.1 Å². The van der Waals surface area contributed by atoms with Gasteiger partial charge in [-0.15, -0.1) is 10.2 Å². The van der Waals surface area contributed by atoms with E-state index in [4.69, 9.17) is 4.74 Å². The highest BCUT2D eigenvalue weighted by molar-refractivity contribution is 7.99. The number of carbonyl (C=O) groups is 1. The Kier molecular flexibility index (Phi) is 8.07. The number of aromatic nitrogens is 3. The predicted octanol–water partition coefficient (Wildman–Crippen LogP) is 4.18. The summed E-state index contributed by atoms with van der Waals surface area (Å²) in [6.07, 6.45) is 0. The molecule has 2 heterocycles. The van der Waals surface area contributed by atoms with Gasteiger partial charge in [0.25, 0.3) is 0 Å². The zero-order valence-electron chi connectivity index (χ0n) is 20.0. The molecule has 1 aliphatic heterocycles. The number of ether oxygens (including phenoxy) is 1. The zero-order chi connectivity index (χ0) is 24.6. The van der Waals surface area contributed by atoms with Gasteiger partial charge in [0.15, 0.2) is 11.0 Å². The van der Waals surface area contributed by atoms with Gasteiger partial charge in [-0.3, -0.25) is 14.3 Å². The summed E-state index contributed by atoms with van der Waals surface area (Å²) in [5.74, 6) is 0.970. The van der Waals surface area contributed by atoms with E-state index >= 15 is 0 Å². The molecule has 1 amide bonds. The average Bonchev–Trinajstić information content (AvgIpc) is 3.37. The number of hydrogen-bond donors (Lipinski definition) is 1. The molecule has 4 aromatic rings. The van der Waals surface area contributed by atoms with Crippen molar-refractivity contribution in [1.82, 2.24) is 25.0 Å². The lowest BCUT2D eigenvalue weighted by atomic mass is 10.1. The SMILES string of the molecule is O=C(CSc1nnc(-c2ccccc2)n1-c1ccccc1)NCc1ccccc1CN1CCOCC1.